The zero-order chi connectivity index (χ0) is 25.0. The van der Waals surface area contributed by atoms with Crippen molar-refractivity contribution in [2.24, 2.45) is 0 Å². The molecule has 0 saturated carbocycles. The average molecular weight is 489 g/mol. The van der Waals surface area contributed by atoms with Gasteiger partial charge in [0.2, 0.25) is 0 Å². The van der Waals surface area contributed by atoms with Crippen LogP contribution in [0.4, 0.5) is 10.5 Å². The Kier molecular flexibility index (Phi) is 7.68. The van der Waals surface area contributed by atoms with Gasteiger partial charge in [0.1, 0.15) is 17.1 Å². The number of ether oxygens (including phenoxy) is 4. The van der Waals surface area contributed by atoms with Crippen molar-refractivity contribution in [3.63, 3.8) is 0 Å². The first-order valence-electron chi connectivity index (χ1n) is 10.4. The van der Waals surface area contributed by atoms with Crippen LogP contribution in [0.5, 0.6) is 23.0 Å². The van der Waals surface area contributed by atoms with E-state index in [1.807, 2.05) is 13.8 Å². The first kappa shape index (κ1) is 24.9. The highest BCUT2D eigenvalue weighted by Crippen LogP contribution is 2.39. The summed E-state index contributed by atoms with van der Waals surface area (Å²) in [4.78, 5) is 39.2. The highest BCUT2D eigenvalue weighted by molar-refractivity contribution is 6.39. The van der Waals surface area contributed by atoms with E-state index in [2.05, 4.69) is 5.32 Å². The number of halogens is 1. The molecule has 34 heavy (non-hydrogen) atoms. The lowest BCUT2D eigenvalue weighted by Gasteiger charge is -2.27. The van der Waals surface area contributed by atoms with E-state index in [-0.39, 0.29) is 28.1 Å². The van der Waals surface area contributed by atoms with Crippen LogP contribution in [0.3, 0.4) is 0 Å². The number of carbonyl (C=O) groups is 3. The summed E-state index contributed by atoms with van der Waals surface area (Å²) in [5, 5.41) is 2.43. The molecule has 2 aromatic carbocycles. The normalized spacial score (nSPS) is 15.8. The number of anilines is 1. The maximum absolute atomic E-state index is 13.3. The molecule has 10 heteroatoms. The molecule has 4 amide bonds. The minimum atomic E-state index is -0.900. The molecule has 0 bridgehead atoms. The predicted molar refractivity (Wildman–Crippen MR) is 127 cm³/mol. The van der Waals surface area contributed by atoms with Crippen molar-refractivity contribution in [2.45, 2.75) is 26.4 Å². The van der Waals surface area contributed by atoms with E-state index in [1.54, 1.807) is 18.2 Å². The summed E-state index contributed by atoms with van der Waals surface area (Å²) in [6, 6.07) is 6.82. The van der Waals surface area contributed by atoms with Gasteiger partial charge < -0.3 is 18.9 Å². The number of urea groups is 1. The summed E-state index contributed by atoms with van der Waals surface area (Å²) in [6.45, 7) is 3.87. The van der Waals surface area contributed by atoms with E-state index in [9.17, 15) is 14.4 Å². The van der Waals surface area contributed by atoms with Crippen molar-refractivity contribution in [1.29, 1.82) is 0 Å². The van der Waals surface area contributed by atoms with Crippen LogP contribution in [0.15, 0.2) is 35.9 Å². The molecule has 2 aromatic rings. The van der Waals surface area contributed by atoms with Crippen LogP contribution in [-0.4, -0.2) is 45.3 Å². The lowest BCUT2D eigenvalue weighted by molar-refractivity contribution is -0.122. The SMILES string of the molecule is CCC(C)Oc1c(Cl)cc(C=C2C(=O)NC(=O)N(c3ccc(OC)cc3OC)C2=O)cc1OC. The third-order valence-corrected chi connectivity index (χ3v) is 5.47. The standard InChI is InChI=1S/C24H25ClN2O7/c1-6-13(2)34-21-17(25)10-14(11-20(21)33-5)9-16-22(28)26-24(30)27(23(16)29)18-8-7-15(31-3)12-19(18)32-4/h7-13H,6H2,1-5H3,(H,26,28,30). The van der Waals surface area contributed by atoms with Crippen molar-refractivity contribution in [2.75, 3.05) is 26.2 Å². The zero-order valence-electron chi connectivity index (χ0n) is 19.4. The predicted octanol–water partition coefficient (Wildman–Crippen LogP) is 4.21. The fourth-order valence-corrected chi connectivity index (χ4v) is 3.50. The van der Waals surface area contributed by atoms with Crippen LogP contribution in [0.1, 0.15) is 25.8 Å². The number of imide groups is 2. The van der Waals surface area contributed by atoms with Gasteiger partial charge in [-0.2, -0.15) is 0 Å². The van der Waals surface area contributed by atoms with Gasteiger partial charge >= 0.3 is 6.03 Å². The van der Waals surface area contributed by atoms with Crippen molar-refractivity contribution >= 4 is 41.2 Å². The number of hydrogen-bond acceptors (Lipinski definition) is 7. The van der Waals surface area contributed by atoms with Gasteiger partial charge in [0.15, 0.2) is 11.5 Å². The number of nitrogens with zero attached hydrogens (tertiary/aromatic N) is 1. The van der Waals surface area contributed by atoms with Crippen molar-refractivity contribution in [1.82, 2.24) is 5.32 Å². The Balaban J connectivity index is 2.04. The Bertz CT molecular complexity index is 1160. The van der Waals surface area contributed by atoms with Gasteiger partial charge in [-0.15, -0.1) is 0 Å². The largest absolute Gasteiger partial charge is 0.497 e. The second kappa shape index (κ2) is 10.5. The molecule has 1 atom stereocenters. The summed E-state index contributed by atoms with van der Waals surface area (Å²) in [6.07, 6.45) is 1.99. The molecule has 1 N–H and O–H groups in total. The van der Waals surface area contributed by atoms with E-state index in [4.69, 9.17) is 30.5 Å². The Morgan fingerprint density at radius 2 is 1.74 bits per heavy atom. The molecule has 1 aliphatic heterocycles. The van der Waals surface area contributed by atoms with Gasteiger partial charge in [0.05, 0.1) is 38.1 Å². The number of benzene rings is 2. The Hall–Kier alpha value is -3.72. The molecule has 0 aliphatic carbocycles. The fourth-order valence-electron chi connectivity index (χ4n) is 3.23. The van der Waals surface area contributed by atoms with Crippen LogP contribution in [0, 0.1) is 0 Å². The average Bonchev–Trinajstić information content (AvgIpc) is 2.82. The molecule has 1 heterocycles. The summed E-state index contributed by atoms with van der Waals surface area (Å²) in [5.41, 5.74) is 0.288. The third-order valence-electron chi connectivity index (χ3n) is 5.19. The van der Waals surface area contributed by atoms with Crippen LogP contribution >= 0.6 is 11.6 Å². The zero-order valence-corrected chi connectivity index (χ0v) is 20.2. The van der Waals surface area contributed by atoms with Gasteiger partial charge in [-0.3, -0.25) is 14.9 Å². The first-order valence-corrected chi connectivity index (χ1v) is 10.8. The van der Waals surface area contributed by atoms with Gasteiger partial charge in [-0.05, 0) is 49.2 Å². The smallest absolute Gasteiger partial charge is 0.336 e. The molecule has 1 unspecified atom stereocenters. The summed E-state index contributed by atoms with van der Waals surface area (Å²) < 4.78 is 21.7. The van der Waals surface area contributed by atoms with Crippen LogP contribution in [0.2, 0.25) is 5.02 Å². The molecular formula is C24H25ClN2O7. The number of amides is 4. The van der Waals surface area contributed by atoms with Crippen LogP contribution < -0.4 is 29.2 Å². The monoisotopic (exact) mass is 488 g/mol. The molecule has 0 spiro atoms. The topological polar surface area (TPSA) is 103 Å². The van der Waals surface area contributed by atoms with Gasteiger partial charge in [0, 0.05) is 6.07 Å². The highest BCUT2D eigenvalue weighted by atomic mass is 35.5. The van der Waals surface area contributed by atoms with Crippen LogP contribution in [-0.2, 0) is 9.59 Å². The number of hydrogen-bond donors (Lipinski definition) is 1. The Morgan fingerprint density at radius 1 is 1.03 bits per heavy atom. The summed E-state index contributed by atoms with van der Waals surface area (Å²) in [5.74, 6) is -0.277. The molecule has 1 saturated heterocycles. The van der Waals surface area contributed by atoms with E-state index in [0.29, 0.717) is 22.8 Å². The highest BCUT2D eigenvalue weighted by Gasteiger charge is 2.38. The maximum atomic E-state index is 13.3. The maximum Gasteiger partial charge on any atom is 0.336 e. The molecule has 0 radical (unpaired) electrons. The van der Waals surface area contributed by atoms with Crippen molar-refractivity contribution in [3.8, 4) is 23.0 Å². The molecular weight excluding hydrogens is 464 g/mol. The molecule has 180 valence electrons. The molecule has 1 fully saturated rings. The molecule has 1 aliphatic rings. The molecule has 0 aromatic heterocycles. The summed E-state index contributed by atoms with van der Waals surface area (Å²) >= 11 is 6.41. The lowest BCUT2D eigenvalue weighted by Crippen LogP contribution is -2.54. The van der Waals surface area contributed by atoms with E-state index in [0.717, 1.165) is 11.3 Å². The Morgan fingerprint density at radius 3 is 2.35 bits per heavy atom. The van der Waals surface area contributed by atoms with E-state index < -0.39 is 17.8 Å². The first-order chi connectivity index (χ1) is 16.2. The number of methoxy groups -OCH3 is 3. The van der Waals surface area contributed by atoms with Gasteiger partial charge in [-0.25, -0.2) is 9.69 Å². The second-order valence-corrected chi connectivity index (χ2v) is 7.77. The molecule has 9 nitrogen and oxygen atoms in total. The minimum Gasteiger partial charge on any atom is -0.497 e. The van der Waals surface area contributed by atoms with Crippen molar-refractivity contribution in [3.05, 3.63) is 46.5 Å². The lowest BCUT2D eigenvalue weighted by atomic mass is 10.1. The Labute approximate surface area is 202 Å². The third kappa shape index (κ3) is 4.94. The van der Waals surface area contributed by atoms with Crippen molar-refractivity contribution < 1.29 is 33.3 Å². The van der Waals surface area contributed by atoms with Crippen LogP contribution in [0.25, 0.3) is 6.08 Å². The molecule has 3 rings (SSSR count). The number of nitrogens with one attached hydrogen (secondary N) is 1. The summed E-state index contributed by atoms with van der Waals surface area (Å²) in [7, 11) is 4.33. The minimum absolute atomic E-state index is 0.0969. The van der Waals surface area contributed by atoms with Gasteiger partial charge in [-0.1, -0.05) is 18.5 Å². The van der Waals surface area contributed by atoms with Gasteiger partial charge in [0.25, 0.3) is 11.8 Å². The second-order valence-electron chi connectivity index (χ2n) is 7.37. The number of rotatable bonds is 8. The fraction of sp³-hybridized carbons (Fsp3) is 0.292. The number of barbiturate groups is 1. The number of carbonyl (C=O) groups excluding carboxylic acids is 3. The van der Waals surface area contributed by atoms with E-state index in [1.165, 1.54) is 39.5 Å². The quantitative estimate of drug-likeness (QED) is 0.438. The van der Waals surface area contributed by atoms with E-state index >= 15 is 0 Å².